The standard InChI is InChI=1S/C15H23N3O/c1-4-5-8-17(2)10-15(19)12-6-7-14-13(9-12)16-11-18(14)3/h6-7,9,11,15,19H,4-5,8,10H2,1-3H3. The molecule has 1 aromatic heterocycles. The number of fused-ring (bicyclic) bond motifs is 1. The van der Waals surface area contributed by atoms with Crippen LogP contribution in [0.25, 0.3) is 11.0 Å². The number of aryl methyl sites for hydroxylation is 1. The Balaban J connectivity index is 2.06. The van der Waals surface area contributed by atoms with Crippen molar-refractivity contribution in [2.24, 2.45) is 7.05 Å². The second-order valence-electron chi connectivity index (χ2n) is 5.24. The average molecular weight is 261 g/mol. The molecule has 0 fully saturated rings. The van der Waals surface area contributed by atoms with Crippen LogP contribution in [0.5, 0.6) is 0 Å². The Kier molecular flexibility index (Phi) is 4.56. The summed E-state index contributed by atoms with van der Waals surface area (Å²) < 4.78 is 1.98. The largest absolute Gasteiger partial charge is 0.387 e. The fourth-order valence-corrected chi connectivity index (χ4v) is 2.28. The van der Waals surface area contributed by atoms with Gasteiger partial charge in [0.2, 0.25) is 0 Å². The molecule has 1 heterocycles. The summed E-state index contributed by atoms with van der Waals surface area (Å²) in [4.78, 5) is 6.51. The molecule has 0 aliphatic rings. The minimum Gasteiger partial charge on any atom is -0.387 e. The van der Waals surface area contributed by atoms with Crippen LogP contribution in [0.3, 0.4) is 0 Å². The van der Waals surface area contributed by atoms with E-state index in [1.54, 1.807) is 6.33 Å². The maximum Gasteiger partial charge on any atom is 0.0955 e. The van der Waals surface area contributed by atoms with E-state index in [1.807, 2.05) is 29.8 Å². The molecule has 0 amide bonds. The third-order valence-electron chi connectivity index (χ3n) is 3.51. The number of aliphatic hydroxyl groups is 1. The Labute approximate surface area is 114 Å². The normalized spacial score (nSPS) is 13.3. The first kappa shape index (κ1) is 14.0. The SMILES string of the molecule is CCCCN(C)CC(O)c1ccc2c(c1)ncn2C. The van der Waals surface area contributed by atoms with Crippen molar-refractivity contribution in [2.45, 2.75) is 25.9 Å². The van der Waals surface area contributed by atoms with Gasteiger partial charge in [0.15, 0.2) is 0 Å². The van der Waals surface area contributed by atoms with Crippen molar-refractivity contribution in [1.82, 2.24) is 14.5 Å². The third kappa shape index (κ3) is 3.33. The van der Waals surface area contributed by atoms with Gasteiger partial charge in [-0.1, -0.05) is 19.4 Å². The highest BCUT2D eigenvalue weighted by Crippen LogP contribution is 2.19. The highest BCUT2D eigenvalue weighted by Gasteiger charge is 2.12. The summed E-state index contributed by atoms with van der Waals surface area (Å²) in [5, 5.41) is 10.3. The molecule has 1 aromatic carbocycles. The lowest BCUT2D eigenvalue weighted by atomic mass is 10.1. The molecule has 1 N–H and O–H groups in total. The molecule has 0 saturated heterocycles. The van der Waals surface area contributed by atoms with Gasteiger partial charge in [0.25, 0.3) is 0 Å². The van der Waals surface area contributed by atoms with Crippen LogP contribution < -0.4 is 0 Å². The Morgan fingerprint density at radius 3 is 2.95 bits per heavy atom. The Hall–Kier alpha value is -1.39. The van der Waals surface area contributed by atoms with Crippen molar-refractivity contribution < 1.29 is 5.11 Å². The monoisotopic (exact) mass is 261 g/mol. The van der Waals surface area contributed by atoms with E-state index in [0.29, 0.717) is 6.54 Å². The van der Waals surface area contributed by atoms with Gasteiger partial charge in [0, 0.05) is 13.6 Å². The van der Waals surface area contributed by atoms with Gasteiger partial charge in [-0.3, -0.25) is 0 Å². The number of likely N-dealkylation sites (N-methyl/N-ethyl adjacent to an activating group) is 1. The zero-order chi connectivity index (χ0) is 13.8. The quantitative estimate of drug-likeness (QED) is 0.867. The van der Waals surface area contributed by atoms with E-state index in [-0.39, 0.29) is 0 Å². The molecule has 104 valence electrons. The molecule has 2 aromatic rings. The highest BCUT2D eigenvalue weighted by atomic mass is 16.3. The smallest absolute Gasteiger partial charge is 0.0955 e. The van der Waals surface area contributed by atoms with Crippen molar-refractivity contribution >= 4 is 11.0 Å². The molecule has 0 radical (unpaired) electrons. The van der Waals surface area contributed by atoms with E-state index in [2.05, 4.69) is 23.9 Å². The minimum atomic E-state index is -0.451. The van der Waals surface area contributed by atoms with Crippen LogP contribution in [0, 0.1) is 0 Å². The lowest BCUT2D eigenvalue weighted by Gasteiger charge is -2.20. The maximum absolute atomic E-state index is 10.3. The van der Waals surface area contributed by atoms with Crippen LogP contribution in [0.1, 0.15) is 31.4 Å². The summed E-state index contributed by atoms with van der Waals surface area (Å²) in [6.07, 6.45) is 3.70. The van der Waals surface area contributed by atoms with E-state index in [1.165, 1.54) is 12.8 Å². The highest BCUT2D eigenvalue weighted by molar-refractivity contribution is 5.76. The maximum atomic E-state index is 10.3. The van der Waals surface area contributed by atoms with Gasteiger partial charge >= 0.3 is 0 Å². The number of hydrogen-bond acceptors (Lipinski definition) is 3. The number of hydrogen-bond donors (Lipinski definition) is 1. The molecule has 19 heavy (non-hydrogen) atoms. The Morgan fingerprint density at radius 1 is 1.42 bits per heavy atom. The molecule has 0 saturated carbocycles. The van der Waals surface area contributed by atoms with Crippen LogP contribution in [-0.4, -0.2) is 39.7 Å². The van der Waals surface area contributed by atoms with Crippen LogP contribution in [-0.2, 0) is 7.05 Å². The second kappa shape index (κ2) is 6.17. The van der Waals surface area contributed by atoms with E-state index in [9.17, 15) is 5.11 Å². The van der Waals surface area contributed by atoms with Crippen LogP contribution in [0.2, 0.25) is 0 Å². The molecule has 0 bridgehead atoms. The van der Waals surface area contributed by atoms with Gasteiger partial charge in [0.1, 0.15) is 0 Å². The molecule has 0 spiro atoms. The molecule has 4 heteroatoms. The van der Waals surface area contributed by atoms with E-state index in [4.69, 9.17) is 0 Å². The molecule has 0 aliphatic carbocycles. The van der Waals surface area contributed by atoms with Gasteiger partial charge < -0.3 is 14.6 Å². The minimum absolute atomic E-state index is 0.451. The first-order valence-corrected chi connectivity index (χ1v) is 6.89. The van der Waals surface area contributed by atoms with Crippen LogP contribution in [0.4, 0.5) is 0 Å². The van der Waals surface area contributed by atoms with E-state index in [0.717, 1.165) is 23.1 Å². The molecule has 2 rings (SSSR count). The van der Waals surface area contributed by atoms with Gasteiger partial charge in [0.05, 0.1) is 23.5 Å². The predicted octanol–water partition coefficient (Wildman–Crippen LogP) is 2.34. The van der Waals surface area contributed by atoms with E-state index < -0.39 is 6.10 Å². The number of aromatic nitrogens is 2. The first-order valence-electron chi connectivity index (χ1n) is 6.89. The number of imidazole rings is 1. The van der Waals surface area contributed by atoms with Crippen LogP contribution >= 0.6 is 0 Å². The summed E-state index contributed by atoms with van der Waals surface area (Å²) in [7, 11) is 4.03. The van der Waals surface area contributed by atoms with Gasteiger partial charge in [-0.2, -0.15) is 0 Å². The zero-order valence-corrected chi connectivity index (χ0v) is 12.0. The summed E-state index contributed by atoms with van der Waals surface area (Å²) in [5.41, 5.74) is 2.97. The number of benzene rings is 1. The second-order valence-corrected chi connectivity index (χ2v) is 5.24. The van der Waals surface area contributed by atoms with Gasteiger partial charge in [-0.25, -0.2) is 4.98 Å². The lowest BCUT2D eigenvalue weighted by molar-refractivity contribution is 0.126. The predicted molar refractivity (Wildman–Crippen MR) is 78.1 cm³/mol. The number of aliphatic hydroxyl groups excluding tert-OH is 1. The molecule has 0 aliphatic heterocycles. The van der Waals surface area contributed by atoms with Crippen molar-refractivity contribution in [3.05, 3.63) is 30.1 Å². The fourth-order valence-electron chi connectivity index (χ4n) is 2.28. The molecule has 1 unspecified atom stereocenters. The number of rotatable bonds is 6. The van der Waals surface area contributed by atoms with Crippen molar-refractivity contribution in [3.63, 3.8) is 0 Å². The first-order chi connectivity index (χ1) is 9.11. The molecular formula is C15H23N3O. The van der Waals surface area contributed by atoms with Crippen molar-refractivity contribution in [2.75, 3.05) is 20.1 Å². The molecular weight excluding hydrogens is 238 g/mol. The zero-order valence-electron chi connectivity index (χ0n) is 12.0. The summed E-state index contributed by atoms with van der Waals surface area (Å²) in [6, 6.07) is 5.99. The summed E-state index contributed by atoms with van der Waals surface area (Å²) in [6.45, 7) is 3.87. The Bertz CT molecular complexity index is 535. The lowest BCUT2D eigenvalue weighted by Crippen LogP contribution is -2.25. The average Bonchev–Trinajstić information content (AvgIpc) is 2.77. The van der Waals surface area contributed by atoms with E-state index >= 15 is 0 Å². The topological polar surface area (TPSA) is 41.3 Å². The summed E-state index contributed by atoms with van der Waals surface area (Å²) in [5.74, 6) is 0. The Morgan fingerprint density at radius 2 is 2.21 bits per heavy atom. The molecule has 1 atom stereocenters. The number of nitrogens with zero attached hydrogens (tertiary/aromatic N) is 3. The van der Waals surface area contributed by atoms with Gasteiger partial charge in [-0.15, -0.1) is 0 Å². The third-order valence-corrected chi connectivity index (χ3v) is 3.51. The van der Waals surface area contributed by atoms with Crippen LogP contribution in [0.15, 0.2) is 24.5 Å². The number of unbranched alkanes of at least 4 members (excludes halogenated alkanes) is 1. The van der Waals surface area contributed by atoms with Crippen molar-refractivity contribution in [3.8, 4) is 0 Å². The fraction of sp³-hybridized carbons (Fsp3) is 0.533. The van der Waals surface area contributed by atoms with Gasteiger partial charge in [-0.05, 0) is 37.7 Å². The summed E-state index contributed by atoms with van der Waals surface area (Å²) >= 11 is 0. The molecule has 4 nitrogen and oxygen atoms in total. The van der Waals surface area contributed by atoms with Crippen molar-refractivity contribution in [1.29, 1.82) is 0 Å².